The number of nitrogens with zero attached hydrogens (tertiary/aromatic N) is 1. The van der Waals surface area contributed by atoms with Gasteiger partial charge < -0.3 is 19.9 Å². The van der Waals surface area contributed by atoms with Crippen LogP contribution in [0.2, 0.25) is 0 Å². The first kappa shape index (κ1) is 13.9. The van der Waals surface area contributed by atoms with Crippen LogP contribution in [-0.2, 0) is 0 Å². The van der Waals surface area contributed by atoms with Crippen LogP contribution in [0.5, 0.6) is 17.2 Å². The minimum absolute atomic E-state index is 0.0246. The van der Waals surface area contributed by atoms with Gasteiger partial charge in [0.2, 0.25) is 5.78 Å². The van der Waals surface area contributed by atoms with Crippen molar-refractivity contribution in [1.82, 2.24) is 4.98 Å². The molecule has 6 nitrogen and oxygen atoms in total. The van der Waals surface area contributed by atoms with Crippen molar-refractivity contribution in [1.29, 1.82) is 5.26 Å². The third kappa shape index (κ3) is 2.00. The fraction of sp³-hybridized carbons (Fsp3) is 0. The van der Waals surface area contributed by atoms with Crippen molar-refractivity contribution in [2.75, 3.05) is 0 Å². The number of aromatic amines is 1. The number of hydrogen-bond donors (Lipinski definition) is 3. The molecule has 2 heterocycles. The van der Waals surface area contributed by atoms with E-state index in [4.69, 9.17) is 10.00 Å². The Hall–Kier alpha value is -3.72. The van der Waals surface area contributed by atoms with E-state index in [9.17, 15) is 15.0 Å². The Bertz CT molecular complexity index is 1090. The standard InChI is InChI=1S/C18H10N2O4/c19-7-9-1-2-13-12(3-9)10(8-20-13)4-16-18(23)17-14(22)5-11(21)6-15(17)24-16/h1-6,8,20-22H/b16-4-. The lowest BCUT2D eigenvalue weighted by atomic mass is 10.1. The molecule has 1 aromatic heterocycles. The Balaban J connectivity index is 1.82. The second kappa shape index (κ2) is 4.89. The van der Waals surface area contributed by atoms with Crippen LogP contribution in [0, 0.1) is 11.3 Å². The van der Waals surface area contributed by atoms with Crippen LogP contribution in [-0.4, -0.2) is 21.0 Å². The first-order valence-electron chi connectivity index (χ1n) is 7.08. The fourth-order valence-electron chi connectivity index (χ4n) is 2.75. The average Bonchev–Trinajstić information content (AvgIpc) is 3.09. The lowest BCUT2D eigenvalue weighted by Gasteiger charge is -2.00. The van der Waals surface area contributed by atoms with Crippen molar-refractivity contribution < 1.29 is 19.7 Å². The summed E-state index contributed by atoms with van der Waals surface area (Å²) in [4.78, 5) is 15.5. The molecule has 0 aliphatic carbocycles. The van der Waals surface area contributed by atoms with E-state index in [2.05, 4.69) is 11.1 Å². The average molecular weight is 318 g/mol. The zero-order valence-corrected chi connectivity index (χ0v) is 12.2. The molecule has 3 N–H and O–H groups in total. The molecule has 0 atom stereocenters. The van der Waals surface area contributed by atoms with E-state index in [1.54, 1.807) is 30.5 Å². The number of hydrogen-bond acceptors (Lipinski definition) is 5. The van der Waals surface area contributed by atoms with Crippen molar-refractivity contribution in [3.05, 3.63) is 59.0 Å². The van der Waals surface area contributed by atoms with Gasteiger partial charge in [0.1, 0.15) is 22.8 Å². The molecule has 2 aromatic carbocycles. The SMILES string of the molecule is N#Cc1ccc2[nH]cc(/C=C3\Oc4cc(O)cc(O)c4C3=O)c2c1. The van der Waals surface area contributed by atoms with Gasteiger partial charge in [-0.25, -0.2) is 0 Å². The highest BCUT2D eigenvalue weighted by Gasteiger charge is 2.31. The summed E-state index contributed by atoms with van der Waals surface area (Å²) in [6.07, 6.45) is 3.24. The monoisotopic (exact) mass is 318 g/mol. The first-order valence-corrected chi connectivity index (χ1v) is 7.08. The van der Waals surface area contributed by atoms with Gasteiger partial charge in [-0.3, -0.25) is 4.79 Å². The lowest BCUT2D eigenvalue weighted by Crippen LogP contribution is -1.98. The van der Waals surface area contributed by atoms with Crippen LogP contribution in [0.3, 0.4) is 0 Å². The van der Waals surface area contributed by atoms with Gasteiger partial charge in [-0.1, -0.05) is 0 Å². The number of fused-ring (bicyclic) bond motifs is 2. The van der Waals surface area contributed by atoms with Crippen molar-refractivity contribution in [3.63, 3.8) is 0 Å². The molecule has 3 aromatic rings. The maximum Gasteiger partial charge on any atom is 0.235 e. The number of nitriles is 1. The fourth-order valence-corrected chi connectivity index (χ4v) is 2.75. The second-order valence-electron chi connectivity index (χ2n) is 5.39. The molecule has 1 aliphatic rings. The van der Waals surface area contributed by atoms with E-state index in [0.717, 1.165) is 17.0 Å². The van der Waals surface area contributed by atoms with Crippen LogP contribution in [0.4, 0.5) is 0 Å². The van der Waals surface area contributed by atoms with Gasteiger partial charge in [-0.2, -0.15) is 5.26 Å². The number of phenolic OH excluding ortho intramolecular Hbond substituents is 2. The van der Waals surface area contributed by atoms with Crippen LogP contribution < -0.4 is 4.74 Å². The molecule has 0 amide bonds. The summed E-state index contributed by atoms with van der Waals surface area (Å²) < 4.78 is 5.47. The molecule has 0 bridgehead atoms. The highest BCUT2D eigenvalue weighted by Crippen LogP contribution is 2.40. The van der Waals surface area contributed by atoms with E-state index >= 15 is 0 Å². The van der Waals surface area contributed by atoms with Gasteiger partial charge in [-0.05, 0) is 24.3 Å². The van der Waals surface area contributed by atoms with E-state index < -0.39 is 5.78 Å². The lowest BCUT2D eigenvalue weighted by molar-refractivity contribution is 0.101. The number of Topliss-reactive ketones (excluding diaryl/α,β-unsaturated/α-hetero) is 1. The Morgan fingerprint density at radius 3 is 2.83 bits per heavy atom. The predicted molar refractivity (Wildman–Crippen MR) is 85.7 cm³/mol. The van der Waals surface area contributed by atoms with Crippen molar-refractivity contribution in [2.24, 2.45) is 0 Å². The summed E-state index contributed by atoms with van der Waals surface area (Å²) >= 11 is 0. The molecule has 6 heteroatoms. The third-order valence-electron chi connectivity index (χ3n) is 3.87. The largest absolute Gasteiger partial charge is 0.508 e. The number of aromatic hydroxyl groups is 2. The maximum atomic E-state index is 12.4. The molecule has 4 rings (SSSR count). The summed E-state index contributed by atoms with van der Waals surface area (Å²) in [6, 6.07) is 9.64. The Labute approximate surface area is 135 Å². The molecule has 1 aliphatic heterocycles. The number of rotatable bonds is 1. The number of phenols is 2. The molecule has 116 valence electrons. The number of ether oxygens (including phenoxy) is 1. The van der Waals surface area contributed by atoms with E-state index in [1.807, 2.05) is 0 Å². The minimum Gasteiger partial charge on any atom is -0.508 e. The van der Waals surface area contributed by atoms with Gasteiger partial charge in [0, 0.05) is 34.8 Å². The predicted octanol–water partition coefficient (Wildman–Crippen LogP) is 3.07. The Morgan fingerprint density at radius 2 is 2.04 bits per heavy atom. The van der Waals surface area contributed by atoms with Crippen LogP contribution in [0.25, 0.3) is 17.0 Å². The number of allylic oxidation sites excluding steroid dienone is 1. The van der Waals surface area contributed by atoms with Crippen LogP contribution in [0.15, 0.2) is 42.3 Å². The second-order valence-corrected chi connectivity index (χ2v) is 5.39. The van der Waals surface area contributed by atoms with Crippen molar-refractivity contribution in [2.45, 2.75) is 0 Å². The quantitative estimate of drug-likeness (QED) is 0.598. The zero-order valence-electron chi connectivity index (χ0n) is 12.2. The smallest absolute Gasteiger partial charge is 0.235 e. The van der Waals surface area contributed by atoms with Gasteiger partial charge in [-0.15, -0.1) is 0 Å². The number of carbonyl (C=O) groups is 1. The van der Waals surface area contributed by atoms with Gasteiger partial charge in [0.25, 0.3) is 0 Å². The summed E-state index contributed by atoms with van der Waals surface area (Å²) in [5.74, 6) is -0.834. The number of aromatic nitrogens is 1. The normalized spacial score (nSPS) is 14.6. The number of H-pyrrole nitrogens is 1. The molecule has 0 unspecified atom stereocenters. The van der Waals surface area contributed by atoms with Crippen LogP contribution in [0.1, 0.15) is 21.5 Å². The van der Waals surface area contributed by atoms with Gasteiger partial charge in [0.15, 0.2) is 5.76 Å². The topological polar surface area (TPSA) is 106 Å². The van der Waals surface area contributed by atoms with Crippen LogP contribution >= 0.6 is 0 Å². The summed E-state index contributed by atoms with van der Waals surface area (Å²) in [5, 5.41) is 29.1. The minimum atomic E-state index is -0.465. The first-order chi connectivity index (χ1) is 11.6. The van der Waals surface area contributed by atoms with Crippen molar-refractivity contribution >= 4 is 22.8 Å². The molecular formula is C18H10N2O4. The molecule has 24 heavy (non-hydrogen) atoms. The molecular weight excluding hydrogens is 308 g/mol. The molecule has 0 fully saturated rings. The third-order valence-corrected chi connectivity index (χ3v) is 3.87. The number of ketones is 1. The van der Waals surface area contributed by atoms with Gasteiger partial charge >= 0.3 is 0 Å². The van der Waals surface area contributed by atoms with Gasteiger partial charge in [0.05, 0.1) is 11.6 Å². The molecule has 0 spiro atoms. The molecule has 0 radical (unpaired) electrons. The number of carbonyl (C=O) groups excluding carboxylic acids is 1. The number of benzene rings is 2. The highest BCUT2D eigenvalue weighted by atomic mass is 16.5. The highest BCUT2D eigenvalue weighted by molar-refractivity contribution is 6.16. The number of nitrogens with one attached hydrogen (secondary N) is 1. The Morgan fingerprint density at radius 1 is 1.21 bits per heavy atom. The summed E-state index contributed by atoms with van der Waals surface area (Å²) in [6.45, 7) is 0. The summed E-state index contributed by atoms with van der Waals surface area (Å²) in [7, 11) is 0. The molecule has 0 saturated heterocycles. The van der Waals surface area contributed by atoms with E-state index in [-0.39, 0.29) is 28.6 Å². The maximum absolute atomic E-state index is 12.4. The van der Waals surface area contributed by atoms with Crippen molar-refractivity contribution in [3.8, 4) is 23.3 Å². The van der Waals surface area contributed by atoms with E-state index in [0.29, 0.717) is 11.1 Å². The Kier molecular flexibility index (Phi) is 2.84. The zero-order chi connectivity index (χ0) is 16.8. The summed E-state index contributed by atoms with van der Waals surface area (Å²) in [5.41, 5.74) is 2.04. The van der Waals surface area contributed by atoms with E-state index in [1.165, 1.54) is 6.07 Å². The molecule has 0 saturated carbocycles.